The lowest BCUT2D eigenvalue weighted by atomic mass is 10.0. The molecule has 0 amide bonds. The Kier molecular flexibility index (Phi) is 3.49. The van der Waals surface area contributed by atoms with Crippen LogP contribution in [0.25, 0.3) is 0 Å². The van der Waals surface area contributed by atoms with Crippen LogP contribution in [0.15, 0.2) is 40.2 Å². The standard InChI is InChI=1S/C12H10BrClS/c1-8-4-2-3-5-9(8)12(14)10-6-7-11(13)15-10/h2-7,12H,1H3. The fraction of sp³-hybridized carbons (Fsp3) is 0.167. The van der Waals surface area contributed by atoms with Crippen molar-refractivity contribution in [3.8, 4) is 0 Å². The first-order chi connectivity index (χ1) is 7.18. The Morgan fingerprint density at radius 2 is 1.93 bits per heavy atom. The van der Waals surface area contributed by atoms with Crippen molar-refractivity contribution in [2.45, 2.75) is 12.3 Å². The summed E-state index contributed by atoms with van der Waals surface area (Å²) in [6.07, 6.45) is 0. The maximum Gasteiger partial charge on any atom is 0.0930 e. The van der Waals surface area contributed by atoms with E-state index in [2.05, 4.69) is 41.1 Å². The molecule has 0 radical (unpaired) electrons. The smallest absolute Gasteiger partial charge is 0.0930 e. The predicted molar refractivity (Wildman–Crippen MR) is 70.9 cm³/mol. The van der Waals surface area contributed by atoms with Gasteiger partial charge in [0.25, 0.3) is 0 Å². The van der Waals surface area contributed by atoms with Gasteiger partial charge in [-0.05, 0) is 46.1 Å². The molecule has 0 N–H and O–H groups in total. The zero-order valence-electron chi connectivity index (χ0n) is 8.21. The van der Waals surface area contributed by atoms with Gasteiger partial charge in [0.15, 0.2) is 0 Å². The summed E-state index contributed by atoms with van der Waals surface area (Å²) in [6.45, 7) is 2.09. The summed E-state index contributed by atoms with van der Waals surface area (Å²) in [5.41, 5.74) is 2.43. The number of halogens is 2. The Bertz CT molecular complexity index is 464. The normalized spacial score (nSPS) is 12.7. The highest BCUT2D eigenvalue weighted by Crippen LogP contribution is 2.36. The molecule has 0 aliphatic carbocycles. The third kappa shape index (κ3) is 2.44. The second-order valence-corrected chi connectivity index (χ2v) is 6.29. The van der Waals surface area contributed by atoms with E-state index in [0.717, 1.165) is 3.79 Å². The summed E-state index contributed by atoms with van der Waals surface area (Å²) >= 11 is 11.6. The monoisotopic (exact) mass is 300 g/mol. The molecule has 1 unspecified atom stereocenters. The first kappa shape index (κ1) is 11.2. The topological polar surface area (TPSA) is 0 Å². The Balaban J connectivity index is 2.36. The van der Waals surface area contributed by atoms with Crippen LogP contribution >= 0.6 is 38.9 Å². The molecule has 0 saturated heterocycles. The molecule has 1 aromatic carbocycles. The van der Waals surface area contributed by atoms with E-state index in [-0.39, 0.29) is 5.38 Å². The van der Waals surface area contributed by atoms with E-state index in [1.807, 2.05) is 18.2 Å². The molecule has 2 rings (SSSR count). The molecular formula is C12H10BrClS. The lowest BCUT2D eigenvalue weighted by molar-refractivity contribution is 1.15. The molecule has 1 atom stereocenters. The second kappa shape index (κ2) is 4.69. The van der Waals surface area contributed by atoms with Crippen LogP contribution in [0.3, 0.4) is 0 Å². The number of alkyl halides is 1. The number of thiophene rings is 1. The van der Waals surface area contributed by atoms with Crippen molar-refractivity contribution in [1.29, 1.82) is 0 Å². The first-order valence-corrected chi connectivity index (χ1v) is 6.68. The summed E-state index contributed by atoms with van der Waals surface area (Å²) in [4.78, 5) is 1.18. The summed E-state index contributed by atoms with van der Waals surface area (Å²) in [7, 11) is 0. The van der Waals surface area contributed by atoms with Crippen LogP contribution in [-0.4, -0.2) is 0 Å². The molecule has 1 aromatic heterocycles. The number of hydrogen-bond donors (Lipinski definition) is 0. The third-order valence-corrected chi connectivity index (χ3v) is 4.59. The van der Waals surface area contributed by atoms with Crippen molar-refractivity contribution < 1.29 is 0 Å². The molecule has 1 heterocycles. The zero-order chi connectivity index (χ0) is 10.8. The van der Waals surface area contributed by atoms with Crippen molar-refractivity contribution in [2.24, 2.45) is 0 Å². The Hall–Kier alpha value is -0.310. The van der Waals surface area contributed by atoms with Crippen LogP contribution in [0, 0.1) is 6.92 Å². The molecule has 0 fully saturated rings. The van der Waals surface area contributed by atoms with Crippen molar-refractivity contribution in [2.75, 3.05) is 0 Å². The van der Waals surface area contributed by atoms with Crippen LogP contribution < -0.4 is 0 Å². The van der Waals surface area contributed by atoms with E-state index in [1.54, 1.807) is 11.3 Å². The number of hydrogen-bond acceptors (Lipinski definition) is 1. The number of benzene rings is 1. The van der Waals surface area contributed by atoms with E-state index in [0.29, 0.717) is 0 Å². The largest absolute Gasteiger partial charge is 0.131 e. The number of rotatable bonds is 2. The molecule has 0 nitrogen and oxygen atoms in total. The van der Waals surface area contributed by atoms with Gasteiger partial charge in [0.2, 0.25) is 0 Å². The Labute approximate surface area is 107 Å². The fourth-order valence-electron chi connectivity index (χ4n) is 1.49. The van der Waals surface area contributed by atoms with E-state index >= 15 is 0 Å². The third-order valence-electron chi connectivity index (χ3n) is 2.31. The van der Waals surface area contributed by atoms with E-state index in [4.69, 9.17) is 11.6 Å². The van der Waals surface area contributed by atoms with Gasteiger partial charge in [-0.3, -0.25) is 0 Å². The van der Waals surface area contributed by atoms with Gasteiger partial charge in [-0.25, -0.2) is 0 Å². The van der Waals surface area contributed by atoms with Crippen molar-refractivity contribution in [1.82, 2.24) is 0 Å². The lowest BCUT2D eigenvalue weighted by Crippen LogP contribution is -1.92. The van der Waals surface area contributed by atoms with Crippen LogP contribution in [-0.2, 0) is 0 Å². The van der Waals surface area contributed by atoms with Crippen molar-refractivity contribution in [3.05, 3.63) is 56.2 Å². The van der Waals surface area contributed by atoms with Gasteiger partial charge >= 0.3 is 0 Å². The molecular weight excluding hydrogens is 292 g/mol. The van der Waals surface area contributed by atoms with E-state index < -0.39 is 0 Å². The highest BCUT2D eigenvalue weighted by atomic mass is 79.9. The van der Waals surface area contributed by atoms with Gasteiger partial charge in [-0.2, -0.15) is 0 Å². The molecule has 2 aromatic rings. The van der Waals surface area contributed by atoms with Gasteiger partial charge < -0.3 is 0 Å². The van der Waals surface area contributed by atoms with Crippen LogP contribution in [0.1, 0.15) is 21.4 Å². The van der Waals surface area contributed by atoms with Gasteiger partial charge in [0.1, 0.15) is 0 Å². The van der Waals surface area contributed by atoms with Crippen LogP contribution in [0.2, 0.25) is 0 Å². The molecule has 0 aliphatic rings. The summed E-state index contributed by atoms with van der Waals surface area (Å²) in [6, 6.07) is 12.3. The van der Waals surface area contributed by atoms with Crippen molar-refractivity contribution in [3.63, 3.8) is 0 Å². The molecule has 3 heteroatoms. The fourth-order valence-corrected chi connectivity index (χ4v) is 3.36. The van der Waals surface area contributed by atoms with Crippen LogP contribution in [0.4, 0.5) is 0 Å². The predicted octanol–water partition coefficient (Wildman–Crippen LogP) is 5.15. The van der Waals surface area contributed by atoms with Crippen LogP contribution in [0.5, 0.6) is 0 Å². The highest BCUT2D eigenvalue weighted by Gasteiger charge is 2.14. The average molecular weight is 302 g/mol. The van der Waals surface area contributed by atoms with Crippen molar-refractivity contribution >= 4 is 38.9 Å². The zero-order valence-corrected chi connectivity index (χ0v) is 11.4. The van der Waals surface area contributed by atoms with E-state index in [1.165, 1.54) is 16.0 Å². The molecule has 78 valence electrons. The van der Waals surface area contributed by atoms with E-state index in [9.17, 15) is 0 Å². The minimum absolute atomic E-state index is 0.0394. The van der Waals surface area contributed by atoms with Gasteiger partial charge in [-0.15, -0.1) is 22.9 Å². The highest BCUT2D eigenvalue weighted by molar-refractivity contribution is 9.11. The molecule has 0 bridgehead atoms. The quantitative estimate of drug-likeness (QED) is 0.673. The van der Waals surface area contributed by atoms with Gasteiger partial charge in [0.05, 0.1) is 9.16 Å². The average Bonchev–Trinajstić information content (AvgIpc) is 2.65. The molecule has 0 saturated carbocycles. The first-order valence-electron chi connectivity index (χ1n) is 4.63. The van der Waals surface area contributed by atoms with Gasteiger partial charge in [0, 0.05) is 4.88 Å². The molecule has 0 aliphatic heterocycles. The summed E-state index contributed by atoms with van der Waals surface area (Å²) in [5.74, 6) is 0. The Morgan fingerprint density at radius 1 is 1.20 bits per heavy atom. The minimum atomic E-state index is -0.0394. The maximum absolute atomic E-state index is 6.44. The molecule has 15 heavy (non-hydrogen) atoms. The lowest BCUT2D eigenvalue weighted by Gasteiger charge is -2.10. The summed E-state index contributed by atoms with van der Waals surface area (Å²) < 4.78 is 1.12. The van der Waals surface area contributed by atoms with Gasteiger partial charge in [-0.1, -0.05) is 24.3 Å². The molecule has 0 spiro atoms. The minimum Gasteiger partial charge on any atom is -0.131 e. The summed E-state index contributed by atoms with van der Waals surface area (Å²) in [5, 5.41) is -0.0394. The number of aryl methyl sites for hydroxylation is 1. The SMILES string of the molecule is Cc1ccccc1C(Cl)c1ccc(Br)s1. The Morgan fingerprint density at radius 3 is 2.53 bits per heavy atom. The maximum atomic E-state index is 6.44. The second-order valence-electron chi connectivity index (χ2n) is 3.36.